The van der Waals surface area contributed by atoms with Gasteiger partial charge in [0.25, 0.3) is 0 Å². The maximum atomic E-state index is 13.5. The van der Waals surface area contributed by atoms with Gasteiger partial charge in [0.15, 0.2) is 5.78 Å². The van der Waals surface area contributed by atoms with Crippen molar-refractivity contribution in [3.8, 4) is 17.6 Å². The zero-order valence-corrected chi connectivity index (χ0v) is 13.0. The maximum Gasteiger partial charge on any atom is 0.192 e. The molecule has 0 saturated heterocycles. The number of nitrogens with zero attached hydrogens (tertiary/aromatic N) is 1. The first kappa shape index (κ1) is 15.8. The Labute approximate surface area is 138 Å². The average Bonchev–Trinajstić information content (AvgIpc) is 2.74. The molecule has 1 aliphatic rings. The molecule has 0 saturated carbocycles. The van der Waals surface area contributed by atoms with Crippen LogP contribution in [0.4, 0.5) is 4.39 Å². The molecule has 1 heterocycles. The number of nitriles is 1. The van der Waals surface area contributed by atoms with E-state index in [0.29, 0.717) is 41.2 Å². The molecule has 120 valence electrons. The molecule has 0 bridgehead atoms. The molecule has 2 aromatic carbocycles. The maximum absolute atomic E-state index is 13.5. The summed E-state index contributed by atoms with van der Waals surface area (Å²) in [5.41, 5.74) is 1.81. The second-order valence-electron chi connectivity index (χ2n) is 5.31. The predicted molar refractivity (Wildman–Crippen MR) is 86.5 cm³/mol. The standard InChI is InChI=1S/C19H14FNO3/c1-23-17-4-2-12(9-14(17)11-21)8-13-6-7-24-18-5-3-15(20)10-16(18)19(13)22/h2-5,8-10H,6-7H2,1H3. The van der Waals surface area contributed by atoms with Crippen molar-refractivity contribution in [1.29, 1.82) is 5.26 Å². The number of methoxy groups -OCH3 is 1. The number of ether oxygens (including phenoxy) is 2. The average molecular weight is 323 g/mol. The van der Waals surface area contributed by atoms with Crippen molar-refractivity contribution in [1.82, 2.24) is 0 Å². The number of halogens is 1. The first-order valence-electron chi connectivity index (χ1n) is 7.38. The molecule has 0 spiro atoms. The van der Waals surface area contributed by atoms with Crippen LogP contribution in [0.3, 0.4) is 0 Å². The smallest absolute Gasteiger partial charge is 0.192 e. The van der Waals surface area contributed by atoms with Crippen LogP contribution < -0.4 is 9.47 Å². The lowest BCUT2D eigenvalue weighted by Gasteiger charge is -2.06. The SMILES string of the molecule is COc1ccc(C=C2CCOc3ccc(F)cc3C2=O)cc1C#N. The molecule has 0 N–H and O–H groups in total. The lowest BCUT2D eigenvalue weighted by Crippen LogP contribution is -2.02. The van der Waals surface area contributed by atoms with Gasteiger partial charge < -0.3 is 9.47 Å². The number of ketones is 1. The zero-order chi connectivity index (χ0) is 17.1. The molecule has 0 unspecified atom stereocenters. The number of Topliss-reactive ketones (excluding diaryl/α,β-unsaturated/α-hetero) is 1. The largest absolute Gasteiger partial charge is 0.495 e. The van der Waals surface area contributed by atoms with Crippen LogP contribution in [-0.4, -0.2) is 19.5 Å². The van der Waals surface area contributed by atoms with Gasteiger partial charge >= 0.3 is 0 Å². The third kappa shape index (κ3) is 2.99. The summed E-state index contributed by atoms with van der Waals surface area (Å²) in [6.07, 6.45) is 2.11. The van der Waals surface area contributed by atoms with Crippen LogP contribution in [0.25, 0.3) is 6.08 Å². The Balaban J connectivity index is 2.01. The topological polar surface area (TPSA) is 59.3 Å². The first-order chi connectivity index (χ1) is 11.6. The molecule has 0 radical (unpaired) electrons. The molecule has 3 rings (SSSR count). The van der Waals surface area contributed by atoms with Gasteiger partial charge in [0.05, 0.1) is 24.8 Å². The van der Waals surface area contributed by atoms with Gasteiger partial charge in [0, 0.05) is 12.0 Å². The lowest BCUT2D eigenvalue weighted by atomic mass is 9.98. The van der Waals surface area contributed by atoms with Crippen LogP contribution in [0.2, 0.25) is 0 Å². The normalized spacial score (nSPS) is 15.2. The van der Waals surface area contributed by atoms with Crippen molar-refractivity contribution in [3.63, 3.8) is 0 Å². The number of carbonyl (C=O) groups is 1. The Bertz CT molecular complexity index is 881. The van der Waals surface area contributed by atoms with Crippen molar-refractivity contribution < 1.29 is 18.7 Å². The van der Waals surface area contributed by atoms with Crippen LogP contribution >= 0.6 is 0 Å². The fraction of sp³-hybridized carbons (Fsp3) is 0.158. The Morgan fingerprint density at radius 2 is 2.12 bits per heavy atom. The Kier molecular flexibility index (Phi) is 4.30. The predicted octanol–water partition coefficient (Wildman–Crippen LogP) is 3.75. The van der Waals surface area contributed by atoms with E-state index in [1.54, 1.807) is 24.3 Å². The number of rotatable bonds is 2. The highest BCUT2D eigenvalue weighted by Crippen LogP contribution is 2.29. The summed E-state index contributed by atoms with van der Waals surface area (Å²) < 4.78 is 24.1. The number of carbonyl (C=O) groups excluding carboxylic acids is 1. The van der Waals surface area contributed by atoms with E-state index in [4.69, 9.17) is 14.7 Å². The van der Waals surface area contributed by atoms with E-state index in [1.165, 1.54) is 25.3 Å². The fourth-order valence-corrected chi connectivity index (χ4v) is 2.60. The molecule has 0 aliphatic carbocycles. The summed E-state index contributed by atoms with van der Waals surface area (Å²) in [7, 11) is 1.49. The van der Waals surface area contributed by atoms with Crippen molar-refractivity contribution >= 4 is 11.9 Å². The highest BCUT2D eigenvalue weighted by molar-refractivity contribution is 6.13. The van der Waals surface area contributed by atoms with Gasteiger partial charge in [-0.25, -0.2) is 4.39 Å². The summed E-state index contributed by atoms with van der Waals surface area (Å²) in [6.45, 7) is 0.331. The molecular formula is C19H14FNO3. The van der Waals surface area contributed by atoms with Gasteiger partial charge in [0.1, 0.15) is 23.4 Å². The van der Waals surface area contributed by atoms with Crippen LogP contribution in [0.5, 0.6) is 11.5 Å². The zero-order valence-electron chi connectivity index (χ0n) is 13.0. The van der Waals surface area contributed by atoms with Gasteiger partial charge in [-0.2, -0.15) is 5.26 Å². The molecule has 0 amide bonds. The summed E-state index contributed by atoms with van der Waals surface area (Å²) in [5.74, 6) is 0.110. The lowest BCUT2D eigenvalue weighted by molar-refractivity contribution is 0.103. The molecule has 4 nitrogen and oxygen atoms in total. The van der Waals surface area contributed by atoms with E-state index in [-0.39, 0.29) is 11.3 Å². The second-order valence-corrected chi connectivity index (χ2v) is 5.31. The van der Waals surface area contributed by atoms with E-state index < -0.39 is 5.82 Å². The van der Waals surface area contributed by atoms with Crippen molar-refractivity contribution in [2.24, 2.45) is 0 Å². The summed E-state index contributed by atoms with van der Waals surface area (Å²) in [5, 5.41) is 9.16. The van der Waals surface area contributed by atoms with Gasteiger partial charge in [-0.15, -0.1) is 0 Å². The number of hydrogen-bond acceptors (Lipinski definition) is 4. The first-order valence-corrected chi connectivity index (χ1v) is 7.38. The van der Waals surface area contributed by atoms with Crippen molar-refractivity contribution in [2.45, 2.75) is 6.42 Å². The Morgan fingerprint density at radius 1 is 1.29 bits per heavy atom. The Morgan fingerprint density at radius 3 is 2.88 bits per heavy atom. The van der Waals surface area contributed by atoms with E-state index in [0.717, 1.165) is 0 Å². The minimum absolute atomic E-state index is 0.216. The number of benzene rings is 2. The van der Waals surface area contributed by atoms with E-state index in [2.05, 4.69) is 6.07 Å². The summed E-state index contributed by atoms with van der Waals surface area (Å²) in [6, 6.07) is 11.1. The summed E-state index contributed by atoms with van der Waals surface area (Å²) >= 11 is 0. The van der Waals surface area contributed by atoms with E-state index in [9.17, 15) is 9.18 Å². The van der Waals surface area contributed by atoms with Gasteiger partial charge in [-0.05, 0) is 42.0 Å². The molecule has 0 aromatic heterocycles. The van der Waals surface area contributed by atoms with Gasteiger partial charge in [-0.3, -0.25) is 4.79 Å². The highest BCUT2D eigenvalue weighted by atomic mass is 19.1. The highest BCUT2D eigenvalue weighted by Gasteiger charge is 2.22. The Hall–Kier alpha value is -3.13. The third-order valence-corrected chi connectivity index (χ3v) is 3.79. The second kappa shape index (κ2) is 6.55. The molecule has 0 atom stereocenters. The van der Waals surface area contributed by atoms with E-state index in [1.807, 2.05) is 0 Å². The van der Waals surface area contributed by atoms with Crippen molar-refractivity contribution in [2.75, 3.05) is 13.7 Å². The van der Waals surface area contributed by atoms with Crippen LogP contribution in [0, 0.1) is 17.1 Å². The van der Waals surface area contributed by atoms with Gasteiger partial charge in [0.2, 0.25) is 0 Å². The molecule has 2 aromatic rings. The molecule has 0 fully saturated rings. The molecule has 5 heteroatoms. The van der Waals surface area contributed by atoms with Gasteiger partial charge in [-0.1, -0.05) is 6.07 Å². The number of fused-ring (bicyclic) bond motifs is 1. The minimum Gasteiger partial charge on any atom is -0.495 e. The molecular weight excluding hydrogens is 309 g/mol. The van der Waals surface area contributed by atoms with E-state index >= 15 is 0 Å². The summed E-state index contributed by atoms with van der Waals surface area (Å²) in [4.78, 5) is 12.7. The fourth-order valence-electron chi connectivity index (χ4n) is 2.60. The minimum atomic E-state index is -0.483. The van der Waals surface area contributed by atoms with Crippen LogP contribution in [-0.2, 0) is 0 Å². The quantitative estimate of drug-likeness (QED) is 0.790. The van der Waals surface area contributed by atoms with Crippen molar-refractivity contribution in [3.05, 3.63) is 64.5 Å². The monoisotopic (exact) mass is 323 g/mol. The van der Waals surface area contributed by atoms with Crippen LogP contribution in [0.1, 0.15) is 27.9 Å². The molecule has 1 aliphatic heterocycles. The molecule has 24 heavy (non-hydrogen) atoms. The number of hydrogen-bond donors (Lipinski definition) is 0. The third-order valence-electron chi connectivity index (χ3n) is 3.79. The van der Waals surface area contributed by atoms with Crippen LogP contribution in [0.15, 0.2) is 42.0 Å².